The van der Waals surface area contributed by atoms with Crippen LogP contribution in [0.2, 0.25) is 0 Å². The molecule has 2 saturated carbocycles. The minimum atomic E-state index is -1.03. The average molecular weight is 515 g/mol. The maximum atomic E-state index is 14.0. The molecule has 37 heavy (non-hydrogen) atoms. The summed E-state index contributed by atoms with van der Waals surface area (Å²) in [7, 11) is 0. The van der Waals surface area contributed by atoms with Crippen LogP contribution in [0.15, 0.2) is 22.8 Å². The van der Waals surface area contributed by atoms with Crippen molar-refractivity contribution < 1.29 is 34.5 Å². The third kappa shape index (κ3) is 3.75. The number of aliphatic carboxylic acids is 1. The second-order valence-electron chi connectivity index (χ2n) is 13.5. The fourth-order valence-corrected chi connectivity index (χ4v) is 8.77. The highest BCUT2D eigenvalue weighted by molar-refractivity contribution is 6.01. The van der Waals surface area contributed by atoms with Crippen LogP contribution in [-0.2, 0) is 19.2 Å². The van der Waals surface area contributed by atoms with E-state index in [0.717, 1.165) is 5.57 Å². The number of aliphatic hydroxyl groups is 2. The number of rotatable bonds is 5. The molecule has 0 aromatic rings. The van der Waals surface area contributed by atoms with Crippen molar-refractivity contribution in [2.24, 2.45) is 39.4 Å². The summed E-state index contributed by atoms with van der Waals surface area (Å²) in [6, 6.07) is 0. The van der Waals surface area contributed by atoms with Crippen LogP contribution in [0.3, 0.4) is 0 Å². The van der Waals surface area contributed by atoms with E-state index in [-0.39, 0.29) is 42.0 Å². The van der Waals surface area contributed by atoms with Crippen molar-refractivity contribution in [3.05, 3.63) is 22.8 Å². The molecule has 0 bridgehead atoms. The first kappa shape index (κ1) is 27.9. The topological polar surface area (TPSA) is 129 Å². The molecule has 0 saturated heterocycles. The van der Waals surface area contributed by atoms with Crippen LogP contribution in [0.5, 0.6) is 0 Å². The van der Waals surface area contributed by atoms with E-state index in [0.29, 0.717) is 36.8 Å². The van der Waals surface area contributed by atoms with Gasteiger partial charge in [0.2, 0.25) is 0 Å². The zero-order valence-electron chi connectivity index (χ0n) is 23.2. The lowest BCUT2D eigenvalue weighted by Gasteiger charge is -2.61. The number of carboxylic acids is 1. The van der Waals surface area contributed by atoms with Crippen LogP contribution in [0.1, 0.15) is 87.0 Å². The summed E-state index contributed by atoms with van der Waals surface area (Å²) in [6.45, 7) is 13.1. The predicted molar refractivity (Wildman–Crippen MR) is 137 cm³/mol. The van der Waals surface area contributed by atoms with Crippen molar-refractivity contribution in [1.29, 1.82) is 0 Å². The first-order valence-electron chi connectivity index (χ1n) is 13.5. The van der Waals surface area contributed by atoms with Gasteiger partial charge in [0.25, 0.3) is 0 Å². The molecule has 2 fully saturated rings. The number of carbonyl (C=O) groups excluding carboxylic acids is 3. The summed E-state index contributed by atoms with van der Waals surface area (Å²) in [6.07, 6.45) is 1.42. The number of carbonyl (C=O) groups is 4. The molecule has 0 heterocycles. The second-order valence-corrected chi connectivity index (χ2v) is 13.5. The van der Waals surface area contributed by atoms with E-state index in [4.69, 9.17) is 5.11 Å². The van der Waals surface area contributed by atoms with Crippen LogP contribution < -0.4 is 0 Å². The van der Waals surface area contributed by atoms with Crippen LogP contribution >= 0.6 is 0 Å². The Balaban J connectivity index is 1.80. The Kier molecular flexibility index (Phi) is 6.56. The molecule has 4 rings (SSSR count). The fourth-order valence-electron chi connectivity index (χ4n) is 8.77. The standard InChI is InChI=1S/C30H42O7/c1-15(10-17(31)11-16(2)26(36)37)18-12-23(35)30(7)25-19(32)13-21-27(3,4)22(34)8-9-28(21,5)24(25)20(33)14-29(18,30)6/h10,16,18-19,21,23,32,35H,8-9,11-14H2,1-7H3,(H,36,37)/t16?,18?,19?,21?,23?,28-,29+,30-/m0/s1. The van der Waals surface area contributed by atoms with Gasteiger partial charge < -0.3 is 15.3 Å². The van der Waals surface area contributed by atoms with Gasteiger partial charge in [-0.1, -0.05) is 47.1 Å². The number of hydrogen-bond donors (Lipinski definition) is 3. The largest absolute Gasteiger partial charge is 0.481 e. The Morgan fingerprint density at radius 3 is 2.30 bits per heavy atom. The molecule has 0 aromatic heterocycles. The van der Waals surface area contributed by atoms with E-state index >= 15 is 0 Å². The Hall–Kier alpha value is -2.12. The lowest BCUT2D eigenvalue weighted by Crippen LogP contribution is -2.60. The SMILES string of the molecule is CC(=CC(=O)CC(C)C(=O)O)C1CC(O)[C@@]2(C)C3=C(C(=O)C[C@]12C)[C@@]1(C)CCC(=O)C(C)(C)C1CC3O. The van der Waals surface area contributed by atoms with E-state index < -0.39 is 45.8 Å². The Bertz CT molecular complexity index is 1130. The van der Waals surface area contributed by atoms with Gasteiger partial charge in [-0.05, 0) is 55.1 Å². The van der Waals surface area contributed by atoms with Crippen molar-refractivity contribution in [1.82, 2.24) is 0 Å². The first-order valence-corrected chi connectivity index (χ1v) is 13.5. The van der Waals surface area contributed by atoms with E-state index in [1.165, 1.54) is 13.0 Å². The van der Waals surface area contributed by atoms with E-state index in [9.17, 15) is 29.4 Å². The zero-order chi connectivity index (χ0) is 27.9. The molecule has 7 nitrogen and oxygen atoms in total. The monoisotopic (exact) mass is 514 g/mol. The average Bonchev–Trinajstić information content (AvgIpc) is 2.99. The number of fused-ring (bicyclic) bond motifs is 4. The Morgan fingerprint density at radius 2 is 1.70 bits per heavy atom. The number of Topliss-reactive ketones (excluding diaryl/α,β-unsaturated/α-hetero) is 2. The van der Waals surface area contributed by atoms with Gasteiger partial charge in [-0.2, -0.15) is 0 Å². The van der Waals surface area contributed by atoms with E-state index in [1.807, 2.05) is 34.6 Å². The molecule has 204 valence electrons. The van der Waals surface area contributed by atoms with E-state index in [1.54, 1.807) is 0 Å². The molecule has 7 heteroatoms. The molecule has 4 aliphatic carbocycles. The minimum absolute atomic E-state index is 0.0379. The van der Waals surface area contributed by atoms with Crippen LogP contribution in [0.25, 0.3) is 0 Å². The van der Waals surface area contributed by atoms with Gasteiger partial charge in [-0.25, -0.2) is 0 Å². The molecule has 4 aliphatic rings. The van der Waals surface area contributed by atoms with E-state index in [2.05, 4.69) is 6.92 Å². The number of aliphatic hydroxyl groups excluding tert-OH is 2. The lowest BCUT2D eigenvalue weighted by molar-refractivity contribution is -0.145. The predicted octanol–water partition coefficient (Wildman–Crippen LogP) is 4.05. The van der Waals surface area contributed by atoms with Crippen molar-refractivity contribution in [2.45, 2.75) is 99.2 Å². The third-order valence-electron chi connectivity index (χ3n) is 11.2. The molecule has 3 N–H and O–H groups in total. The van der Waals surface area contributed by atoms with Gasteiger partial charge in [0.15, 0.2) is 11.6 Å². The summed E-state index contributed by atoms with van der Waals surface area (Å²) >= 11 is 0. The second kappa shape index (κ2) is 8.70. The lowest BCUT2D eigenvalue weighted by atomic mass is 9.42. The molecule has 5 unspecified atom stereocenters. The number of hydrogen-bond acceptors (Lipinski definition) is 6. The summed E-state index contributed by atoms with van der Waals surface area (Å²) in [5, 5.41) is 32.4. The molecular formula is C30H42O7. The van der Waals surface area contributed by atoms with Crippen molar-refractivity contribution in [2.75, 3.05) is 0 Å². The fraction of sp³-hybridized carbons (Fsp3) is 0.733. The normalized spacial score (nSPS) is 42.1. The zero-order valence-corrected chi connectivity index (χ0v) is 23.2. The Labute approximate surface area is 219 Å². The smallest absolute Gasteiger partial charge is 0.306 e. The Morgan fingerprint density at radius 1 is 1.08 bits per heavy atom. The molecular weight excluding hydrogens is 472 g/mol. The summed E-state index contributed by atoms with van der Waals surface area (Å²) < 4.78 is 0. The molecule has 0 aliphatic heterocycles. The van der Waals surface area contributed by atoms with Crippen LogP contribution in [0, 0.1) is 39.4 Å². The van der Waals surface area contributed by atoms with Gasteiger partial charge >= 0.3 is 5.97 Å². The molecule has 0 spiro atoms. The number of ketones is 3. The third-order valence-corrected chi connectivity index (χ3v) is 11.2. The van der Waals surface area contributed by atoms with Crippen LogP contribution in [-0.4, -0.2) is 50.8 Å². The quantitative estimate of drug-likeness (QED) is 0.472. The summed E-state index contributed by atoms with van der Waals surface area (Å²) in [4.78, 5) is 50.7. The van der Waals surface area contributed by atoms with Crippen molar-refractivity contribution in [3.8, 4) is 0 Å². The highest BCUT2D eigenvalue weighted by Gasteiger charge is 2.69. The van der Waals surface area contributed by atoms with Gasteiger partial charge in [-0.3, -0.25) is 19.2 Å². The highest BCUT2D eigenvalue weighted by atomic mass is 16.4. The number of carboxylic acid groups (broad SMARTS) is 1. The van der Waals surface area contributed by atoms with Crippen molar-refractivity contribution >= 4 is 23.3 Å². The van der Waals surface area contributed by atoms with Gasteiger partial charge in [-0.15, -0.1) is 0 Å². The van der Waals surface area contributed by atoms with Crippen LogP contribution in [0.4, 0.5) is 0 Å². The molecule has 0 radical (unpaired) electrons. The summed E-state index contributed by atoms with van der Waals surface area (Å²) in [5.74, 6) is -2.44. The number of allylic oxidation sites excluding steroid dienone is 3. The van der Waals surface area contributed by atoms with Gasteiger partial charge in [0.05, 0.1) is 18.1 Å². The first-order chi connectivity index (χ1) is 16.9. The minimum Gasteiger partial charge on any atom is -0.481 e. The molecule has 8 atom stereocenters. The van der Waals surface area contributed by atoms with Crippen molar-refractivity contribution in [3.63, 3.8) is 0 Å². The maximum Gasteiger partial charge on any atom is 0.306 e. The summed E-state index contributed by atoms with van der Waals surface area (Å²) in [5.41, 5.74) is -0.855. The molecule has 0 aromatic carbocycles. The van der Waals surface area contributed by atoms with Gasteiger partial charge in [0, 0.05) is 41.1 Å². The maximum absolute atomic E-state index is 14.0. The van der Waals surface area contributed by atoms with Gasteiger partial charge in [0.1, 0.15) is 5.78 Å². The molecule has 0 amide bonds. The highest BCUT2D eigenvalue weighted by Crippen LogP contribution is 2.71.